The summed E-state index contributed by atoms with van der Waals surface area (Å²) < 4.78 is 49.1. The minimum Gasteiger partial charge on any atom is -0.496 e. The van der Waals surface area contributed by atoms with Gasteiger partial charge in [0, 0.05) is 43.6 Å². The lowest BCUT2D eigenvalue weighted by Crippen LogP contribution is -2.29. The average Bonchev–Trinajstić information content (AvgIpc) is 2.68. The molecule has 0 unspecified atom stereocenters. The molecule has 0 aliphatic carbocycles. The summed E-state index contributed by atoms with van der Waals surface area (Å²) in [6.45, 7) is 3.40. The van der Waals surface area contributed by atoms with E-state index in [1.54, 1.807) is 7.11 Å². The number of hydrogen-bond acceptors (Lipinski definition) is 4. The molecule has 2 heterocycles. The van der Waals surface area contributed by atoms with E-state index in [2.05, 4.69) is 16.9 Å². The Kier molecular flexibility index (Phi) is 6.57. The SMILES string of the molecule is COc1ccc(CN(C)CC2CCOCC2)cc1-c1ccc(C(F)(F)F)nc1. The van der Waals surface area contributed by atoms with Gasteiger partial charge in [0.25, 0.3) is 0 Å². The molecule has 0 bridgehead atoms. The molecule has 28 heavy (non-hydrogen) atoms. The summed E-state index contributed by atoms with van der Waals surface area (Å²) in [7, 11) is 3.63. The van der Waals surface area contributed by atoms with Crippen molar-refractivity contribution in [1.82, 2.24) is 9.88 Å². The molecule has 1 aliphatic rings. The molecule has 0 radical (unpaired) electrons. The van der Waals surface area contributed by atoms with Crippen LogP contribution in [0.2, 0.25) is 0 Å². The van der Waals surface area contributed by atoms with E-state index in [1.165, 1.54) is 12.3 Å². The zero-order chi connectivity index (χ0) is 20.1. The Labute approximate surface area is 163 Å². The first-order valence-corrected chi connectivity index (χ1v) is 9.33. The fraction of sp³-hybridized carbons (Fsp3) is 0.476. The summed E-state index contributed by atoms with van der Waals surface area (Å²) in [5.74, 6) is 1.24. The third-order valence-corrected chi connectivity index (χ3v) is 4.99. The first-order valence-electron chi connectivity index (χ1n) is 9.33. The molecule has 3 rings (SSSR count). The van der Waals surface area contributed by atoms with Crippen LogP contribution in [-0.2, 0) is 17.5 Å². The number of hydrogen-bond donors (Lipinski definition) is 0. The second kappa shape index (κ2) is 8.92. The second-order valence-corrected chi connectivity index (χ2v) is 7.22. The molecule has 0 amide bonds. The molecular formula is C21H25F3N2O2. The van der Waals surface area contributed by atoms with Gasteiger partial charge >= 0.3 is 6.18 Å². The number of nitrogens with zero attached hydrogens (tertiary/aromatic N) is 2. The minimum absolute atomic E-state index is 0.596. The third kappa shape index (κ3) is 5.23. The van der Waals surface area contributed by atoms with Crippen LogP contribution in [-0.4, -0.2) is 43.8 Å². The van der Waals surface area contributed by atoms with Crippen LogP contribution in [0.4, 0.5) is 13.2 Å². The highest BCUT2D eigenvalue weighted by Gasteiger charge is 2.32. The molecule has 0 spiro atoms. The number of aromatic nitrogens is 1. The Morgan fingerprint density at radius 2 is 1.93 bits per heavy atom. The van der Waals surface area contributed by atoms with Crippen molar-refractivity contribution in [3.05, 3.63) is 47.8 Å². The maximum Gasteiger partial charge on any atom is 0.433 e. The maximum absolute atomic E-state index is 12.8. The van der Waals surface area contributed by atoms with Crippen LogP contribution in [0.5, 0.6) is 5.75 Å². The molecule has 0 saturated carbocycles. The monoisotopic (exact) mass is 394 g/mol. The van der Waals surface area contributed by atoms with Crippen LogP contribution in [0.15, 0.2) is 36.5 Å². The van der Waals surface area contributed by atoms with Gasteiger partial charge in [-0.15, -0.1) is 0 Å². The number of rotatable bonds is 6. The Morgan fingerprint density at radius 1 is 1.18 bits per heavy atom. The molecule has 7 heteroatoms. The van der Waals surface area contributed by atoms with Crippen molar-refractivity contribution >= 4 is 0 Å². The molecule has 1 aromatic heterocycles. The van der Waals surface area contributed by atoms with Gasteiger partial charge in [-0.2, -0.15) is 13.2 Å². The van der Waals surface area contributed by atoms with Crippen molar-refractivity contribution < 1.29 is 22.6 Å². The van der Waals surface area contributed by atoms with Crippen LogP contribution in [0.1, 0.15) is 24.1 Å². The normalized spacial score (nSPS) is 15.8. The zero-order valence-electron chi connectivity index (χ0n) is 16.1. The molecule has 4 nitrogen and oxygen atoms in total. The highest BCUT2D eigenvalue weighted by Crippen LogP contribution is 2.33. The lowest BCUT2D eigenvalue weighted by Gasteiger charge is -2.27. The van der Waals surface area contributed by atoms with E-state index in [9.17, 15) is 13.2 Å². The molecule has 1 fully saturated rings. The van der Waals surface area contributed by atoms with E-state index >= 15 is 0 Å². The minimum atomic E-state index is -4.45. The maximum atomic E-state index is 12.8. The van der Waals surface area contributed by atoms with Gasteiger partial charge < -0.3 is 14.4 Å². The van der Waals surface area contributed by atoms with Crippen LogP contribution in [0.3, 0.4) is 0 Å². The summed E-state index contributed by atoms with van der Waals surface area (Å²) in [5.41, 5.74) is 1.51. The average molecular weight is 394 g/mol. The van der Waals surface area contributed by atoms with Gasteiger partial charge in [-0.3, -0.25) is 4.98 Å². The quantitative estimate of drug-likeness (QED) is 0.715. The van der Waals surface area contributed by atoms with E-state index in [0.717, 1.165) is 56.3 Å². The first-order chi connectivity index (χ1) is 13.4. The lowest BCUT2D eigenvalue weighted by molar-refractivity contribution is -0.141. The van der Waals surface area contributed by atoms with Crippen LogP contribution >= 0.6 is 0 Å². The highest BCUT2D eigenvalue weighted by atomic mass is 19.4. The van der Waals surface area contributed by atoms with Gasteiger partial charge in [0.15, 0.2) is 0 Å². The first kappa shape index (κ1) is 20.6. The molecule has 1 saturated heterocycles. The number of alkyl halides is 3. The number of ether oxygens (including phenoxy) is 2. The standard InChI is InChI=1S/C21H25F3N2O2/c1-26(13-15-7-9-28-10-8-15)14-16-3-5-19(27-2)18(11-16)17-4-6-20(25-12-17)21(22,23)24/h3-6,11-12,15H,7-10,13-14H2,1-2H3. The van der Waals surface area contributed by atoms with Gasteiger partial charge in [-0.05, 0) is 49.6 Å². The Bertz CT molecular complexity index is 772. The van der Waals surface area contributed by atoms with E-state index in [4.69, 9.17) is 9.47 Å². The van der Waals surface area contributed by atoms with Crippen LogP contribution < -0.4 is 4.74 Å². The fourth-order valence-electron chi connectivity index (χ4n) is 3.55. The van der Waals surface area contributed by atoms with Gasteiger partial charge in [0.1, 0.15) is 11.4 Å². The van der Waals surface area contributed by atoms with Gasteiger partial charge in [-0.1, -0.05) is 12.1 Å². The zero-order valence-corrected chi connectivity index (χ0v) is 16.1. The molecule has 152 valence electrons. The number of benzene rings is 1. The predicted molar refractivity (Wildman–Crippen MR) is 101 cm³/mol. The summed E-state index contributed by atoms with van der Waals surface area (Å²) in [5, 5.41) is 0. The lowest BCUT2D eigenvalue weighted by atomic mass is 9.99. The van der Waals surface area contributed by atoms with E-state index in [1.807, 2.05) is 18.2 Å². The van der Waals surface area contributed by atoms with Crippen molar-refractivity contribution in [1.29, 1.82) is 0 Å². The largest absolute Gasteiger partial charge is 0.496 e. The highest BCUT2D eigenvalue weighted by molar-refractivity contribution is 5.70. The van der Waals surface area contributed by atoms with Gasteiger partial charge in [-0.25, -0.2) is 0 Å². The molecule has 0 N–H and O–H groups in total. The smallest absolute Gasteiger partial charge is 0.433 e. The van der Waals surface area contributed by atoms with Crippen molar-refractivity contribution in [3.63, 3.8) is 0 Å². The van der Waals surface area contributed by atoms with Crippen molar-refractivity contribution in [2.24, 2.45) is 5.92 Å². The number of halogens is 3. The summed E-state index contributed by atoms with van der Waals surface area (Å²) in [6, 6.07) is 8.23. The van der Waals surface area contributed by atoms with Crippen molar-refractivity contribution in [3.8, 4) is 16.9 Å². The molecule has 0 atom stereocenters. The Hall–Kier alpha value is -2.12. The van der Waals surface area contributed by atoms with Crippen LogP contribution in [0, 0.1) is 5.92 Å². The molecule has 1 aromatic carbocycles. The number of methoxy groups -OCH3 is 1. The summed E-state index contributed by atoms with van der Waals surface area (Å²) in [4.78, 5) is 5.84. The second-order valence-electron chi connectivity index (χ2n) is 7.22. The summed E-state index contributed by atoms with van der Waals surface area (Å²) >= 11 is 0. The van der Waals surface area contributed by atoms with Crippen molar-refractivity contribution in [2.45, 2.75) is 25.6 Å². The van der Waals surface area contributed by atoms with Crippen LogP contribution in [0.25, 0.3) is 11.1 Å². The molecule has 2 aromatic rings. The molecular weight excluding hydrogens is 369 g/mol. The van der Waals surface area contributed by atoms with E-state index in [-0.39, 0.29) is 0 Å². The molecule has 1 aliphatic heterocycles. The van der Waals surface area contributed by atoms with E-state index < -0.39 is 11.9 Å². The topological polar surface area (TPSA) is 34.6 Å². The third-order valence-electron chi connectivity index (χ3n) is 4.99. The van der Waals surface area contributed by atoms with Gasteiger partial charge in [0.05, 0.1) is 7.11 Å². The fourth-order valence-corrected chi connectivity index (χ4v) is 3.55. The van der Waals surface area contributed by atoms with E-state index in [0.29, 0.717) is 17.2 Å². The Balaban J connectivity index is 1.76. The van der Waals surface area contributed by atoms with Crippen molar-refractivity contribution in [2.75, 3.05) is 33.9 Å². The Morgan fingerprint density at radius 3 is 2.54 bits per heavy atom. The summed E-state index contributed by atoms with van der Waals surface area (Å²) in [6.07, 6.45) is -1.04. The number of pyridine rings is 1. The van der Waals surface area contributed by atoms with Gasteiger partial charge in [0.2, 0.25) is 0 Å². The predicted octanol–water partition coefficient (Wildman–Crippen LogP) is 4.63.